The summed E-state index contributed by atoms with van der Waals surface area (Å²) in [5.41, 5.74) is 3.13. The Morgan fingerprint density at radius 3 is 2.75 bits per heavy atom. The maximum Gasteiger partial charge on any atom is 0.233 e. The monoisotopic (exact) mass is 330 g/mol. The molecule has 0 aromatic heterocycles. The summed E-state index contributed by atoms with van der Waals surface area (Å²) >= 11 is 3.45. The Morgan fingerprint density at radius 1 is 1.15 bits per heavy atom. The molecular weight excluding hydrogens is 316 g/mol. The number of carbonyl (C=O) groups excluding carboxylic acids is 1. The van der Waals surface area contributed by atoms with Gasteiger partial charge >= 0.3 is 0 Å². The number of amides is 1. The van der Waals surface area contributed by atoms with Crippen molar-refractivity contribution in [3.05, 3.63) is 64.1 Å². The number of hydrogen-bond acceptors (Lipinski definition) is 2. The lowest BCUT2D eigenvalue weighted by molar-refractivity contribution is -0.117. The second-order valence-corrected chi connectivity index (χ2v) is 5.71. The van der Waals surface area contributed by atoms with E-state index in [0.717, 1.165) is 22.3 Å². The fraction of sp³-hybridized carbons (Fsp3) is 0.188. The highest BCUT2D eigenvalue weighted by molar-refractivity contribution is 9.10. The molecule has 1 heterocycles. The van der Waals surface area contributed by atoms with Crippen LogP contribution in [0.1, 0.15) is 17.0 Å². The van der Waals surface area contributed by atoms with Gasteiger partial charge < -0.3 is 10.6 Å². The first-order chi connectivity index (χ1) is 9.75. The third-order valence-electron chi connectivity index (χ3n) is 3.54. The zero-order chi connectivity index (χ0) is 13.9. The summed E-state index contributed by atoms with van der Waals surface area (Å²) in [7, 11) is 0. The second kappa shape index (κ2) is 5.77. The van der Waals surface area contributed by atoms with Crippen molar-refractivity contribution in [2.45, 2.75) is 12.5 Å². The van der Waals surface area contributed by atoms with Gasteiger partial charge in [-0.3, -0.25) is 4.79 Å². The van der Waals surface area contributed by atoms with Crippen LogP contribution >= 0.6 is 15.9 Å². The summed E-state index contributed by atoms with van der Waals surface area (Å²) in [6, 6.07) is 15.8. The molecule has 0 bridgehead atoms. The molecule has 20 heavy (non-hydrogen) atoms. The van der Waals surface area contributed by atoms with E-state index in [4.69, 9.17) is 0 Å². The van der Waals surface area contributed by atoms with Crippen molar-refractivity contribution in [2.24, 2.45) is 0 Å². The minimum atomic E-state index is -0.146. The minimum absolute atomic E-state index is 0.0246. The van der Waals surface area contributed by atoms with Gasteiger partial charge in [-0.15, -0.1) is 0 Å². The van der Waals surface area contributed by atoms with Gasteiger partial charge in [0, 0.05) is 17.6 Å². The predicted octanol–water partition coefficient (Wildman–Crippen LogP) is 3.27. The zero-order valence-electron chi connectivity index (χ0n) is 10.9. The van der Waals surface area contributed by atoms with E-state index in [1.54, 1.807) is 0 Å². The molecule has 2 aromatic carbocycles. The molecule has 3 rings (SSSR count). The van der Waals surface area contributed by atoms with E-state index in [-0.39, 0.29) is 11.8 Å². The number of halogens is 1. The lowest BCUT2D eigenvalue weighted by Crippen LogP contribution is -2.35. The summed E-state index contributed by atoms with van der Waals surface area (Å²) in [5, 5.41) is 6.29. The molecule has 1 amide bonds. The molecule has 2 N–H and O–H groups in total. The lowest BCUT2D eigenvalue weighted by atomic mass is 9.90. The average molecular weight is 331 g/mol. The lowest BCUT2D eigenvalue weighted by Gasteiger charge is -2.25. The first-order valence-corrected chi connectivity index (χ1v) is 7.39. The Hall–Kier alpha value is -1.65. The fourth-order valence-electron chi connectivity index (χ4n) is 2.51. The van der Waals surface area contributed by atoms with Crippen LogP contribution in [-0.2, 0) is 11.3 Å². The van der Waals surface area contributed by atoms with Gasteiger partial charge in [-0.2, -0.15) is 0 Å². The van der Waals surface area contributed by atoms with E-state index >= 15 is 0 Å². The molecule has 0 spiro atoms. The molecule has 1 aliphatic heterocycles. The molecule has 0 saturated carbocycles. The maximum atomic E-state index is 12.5. The SMILES string of the molecule is O=C(Nc1ccccc1Br)C1CNCc2ccccc21. The average Bonchev–Trinajstić information content (AvgIpc) is 2.49. The minimum Gasteiger partial charge on any atom is -0.324 e. The molecular formula is C16H15BrN2O. The molecule has 3 nitrogen and oxygen atoms in total. The summed E-state index contributed by atoms with van der Waals surface area (Å²) in [4.78, 5) is 12.5. The highest BCUT2D eigenvalue weighted by Gasteiger charge is 2.26. The van der Waals surface area contributed by atoms with Crippen molar-refractivity contribution in [3.8, 4) is 0 Å². The number of anilines is 1. The summed E-state index contributed by atoms with van der Waals surface area (Å²) in [6.45, 7) is 1.50. The van der Waals surface area contributed by atoms with E-state index in [0.29, 0.717) is 6.54 Å². The van der Waals surface area contributed by atoms with E-state index in [9.17, 15) is 4.79 Å². The van der Waals surface area contributed by atoms with Gasteiger partial charge in [0.25, 0.3) is 0 Å². The van der Waals surface area contributed by atoms with E-state index in [1.807, 2.05) is 42.5 Å². The largest absolute Gasteiger partial charge is 0.324 e. The molecule has 0 saturated heterocycles. The van der Waals surface area contributed by atoms with Crippen LogP contribution in [0.2, 0.25) is 0 Å². The predicted molar refractivity (Wildman–Crippen MR) is 83.7 cm³/mol. The number of nitrogens with one attached hydrogen (secondary N) is 2. The smallest absolute Gasteiger partial charge is 0.233 e. The van der Waals surface area contributed by atoms with Crippen LogP contribution < -0.4 is 10.6 Å². The summed E-state index contributed by atoms with van der Waals surface area (Å²) in [6.07, 6.45) is 0. The highest BCUT2D eigenvalue weighted by Crippen LogP contribution is 2.27. The number of para-hydroxylation sites is 1. The van der Waals surface area contributed by atoms with E-state index in [1.165, 1.54) is 5.56 Å². The van der Waals surface area contributed by atoms with Crippen LogP contribution in [0.3, 0.4) is 0 Å². The standard InChI is InChI=1S/C16H15BrN2O/c17-14-7-3-4-8-15(14)19-16(20)13-10-18-9-11-5-1-2-6-12(11)13/h1-8,13,18H,9-10H2,(H,19,20). The van der Waals surface area contributed by atoms with E-state index < -0.39 is 0 Å². The van der Waals surface area contributed by atoms with Crippen LogP contribution in [0, 0.1) is 0 Å². The van der Waals surface area contributed by atoms with Crippen molar-refractivity contribution in [1.29, 1.82) is 0 Å². The molecule has 4 heteroatoms. The molecule has 0 aliphatic carbocycles. The number of fused-ring (bicyclic) bond motifs is 1. The fourth-order valence-corrected chi connectivity index (χ4v) is 2.90. The summed E-state index contributed by atoms with van der Waals surface area (Å²) in [5.74, 6) is -0.122. The van der Waals surface area contributed by atoms with Crippen molar-refractivity contribution in [3.63, 3.8) is 0 Å². The highest BCUT2D eigenvalue weighted by atomic mass is 79.9. The maximum absolute atomic E-state index is 12.5. The zero-order valence-corrected chi connectivity index (χ0v) is 12.5. The number of benzene rings is 2. The molecule has 1 atom stereocenters. The Bertz CT molecular complexity index is 642. The van der Waals surface area contributed by atoms with Gasteiger partial charge in [-0.1, -0.05) is 36.4 Å². The first kappa shape index (κ1) is 13.3. The normalized spacial score (nSPS) is 17.4. The molecule has 1 aliphatic rings. The van der Waals surface area contributed by atoms with Gasteiger partial charge in [0.15, 0.2) is 0 Å². The number of hydrogen-bond donors (Lipinski definition) is 2. The first-order valence-electron chi connectivity index (χ1n) is 6.59. The van der Waals surface area contributed by atoms with Crippen LogP contribution in [0.5, 0.6) is 0 Å². The van der Waals surface area contributed by atoms with Crippen molar-refractivity contribution >= 4 is 27.5 Å². The van der Waals surface area contributed by atoms with Gasteiger partial charge in [0.1, 0.15) is 0 Å². The van der Waals surface area contributed by atoms with Crippen LogP contribution in [-0.4, -0.2) is 12.5 Å². The molecule has 2 aromatic rings. The topological polar surface area (TPSA) is 41.1 Å². The van der Waals surface area contributed by atoms with Gasteiger partial charge in [-0.05, 0) is 39.2 Å². The Kier molecular flexibility index (Phi) is 3.85. The molecule has 0 fully saturated rings. The number of rotatable bonds is 2. The summed E-state index contributed by atoms with van der Waals surface area (Å²) < 4.78 is 0.894. The van der Waals surface area contributed by atoms with Crippen LogP contribution in [0.15, 0.2) is 53.0 Å². The van der Waals surface area contributed by atoms with Gasteiger partial charge in [-0.25, -0.2) is 0 Å². The Labute approximate surface area is 126 Å². The van der Waals surface area contributed by atoms with Crippen LogP contribution in [0.4, 0.5) is 5.69 Å². The van der Waals surface area contributed by atoms with Gasteiger partial charge in [0.05, 0.1) is 11.6 Å². The van der Waals surface area contributed by atoms with Crippen molar-refractivity contribution in [1.82, 2.24) is 5.32 Å². The number of carbonyl (C=O) groups is 1. The molecule has 1 unspecified atom stereocenters. The Balaban J connectivity index is 1.84. The van der Waals surface area contributed by atoms with E-state index in [2.05, 4.69) is 32.6 Å². The molecule has 0 radical (unpaired) electrons. The van der Waals surface area contributed by atoms with Gasteiger partial charge in [0.2, 0.25) is 5.91 Å². The van der Waals surface area contributed by atoms with Crippen molar-refractivity contribution in [2.75, 3.05) is 11.9 Å². The third kappa shape index (κ3) is 2.62. The van der Waals surface area contributed by atoms with Crippen molar-refractivity contribution < 1.29 is 4.79 Å². The second-order valence-electron chi connectivity index (χ2n) is 4.85. The third-order valence-corrected chi connectivity index (χ3v) is 4.23. The Morgan fingerprint density at radius 2 is 1.90 bits per heavy atom. The molecule has 102 valence electrons. The van der Waals surface area contributed by atoms with Crippen LogP contribution in [0.25, 0.3) is 0 Å². The quantitative estimate of drug-likeness (QED) is 0.887.